The number of aryl methyl sites for hydroxylation is 1. The molecule has 0 bridgehead atoms. The summed E-state index contributed by atoms with van der Waals surface area (Å²) in [7, 11) is 0. The highest BCUT2D eigenvalue weighted by Crippen LogP contribution is 2.27. The molecule has 0 atom stereocenters. The molecule has 1 aromatic carbocycles. The average molecular weight is 235 g/mol. The van der Waals surface area contributed by atoms with Crippen molar-refractivity contribution in [3.63, 3.8) is 0 Å². The van der Waals surface area contributed by atoms with Crippen LogP contribution in [0.2, 0.25) is 0 Å². The fraction of sp³-hybridized carbons (Fsp3) is 0.571. The first-order valence-electron chi connectivity index (χ1n) is 6.21. The van der Waals surface area contributed by atoms with Gasteiger partial charge in [-0.25, -0.2) is 0 Å². The molecule has 1 fully saturated rings. The van der Waals surface area contributed by atoms with Crippen molar-refractivity contribution in [2.24, 2.45) is 11.1 Å². The van der Waals surface area contributed by atoms with E-state index in [9.17, 15) is 0 Å². The van der Waals surface area contributed by atoms with Crippen LogP contribution in [0.15, 0.2) is 24.3 Å². The zero-order valence-corrected chi connectivity index (χ0v) is 10.4. The lowest BCUT2D eigenvalue weighted by atomic mass is 9.90. The number of hydrogen-bond donors (Lipinski definition) is 1. The molecule has 1 aliphatic rings. The van der Waals surface area contributed by atoms with Gasteiger partial charge in [-0.2, -0.15) is 0 Å². The van der Waals surface area contributed by atoms with Crippen molar-refractivity contribution in [1.29, 1.82) is 0 Å². The zero-order chi connectivity index (χ0) is 12.1. The predicted octanol–water partition coefficient (Wildman–Crippen LogP) is 1.99. The summed E-state index contributed by atoms with van der Waals surface area (Å²) in [6, 6.07) is 8.28. The van der Waals surface area contributed by atoms with E-state index in [1.54, 1.807) is 0 Å². The van der Waals surface area contributed by atoms with Crippen LogP contribution in [-0.4, -0.2) is 26.4 Å². The molecule has 1 aliphatic heterocycles. The predicted molar refractivity (Wildman–Crippen MR) is 68.2 cm³/mol. The average Bonchev–Trinajstić information content (AvgIpc) is 2.32. The topological polar surface area (TPSA) is 44.5 Å². The molecule has 94 valence electrons. The van der Waals surface area contributed by atoms with Gasteiger partial charge in [0.05, 0.1) is 19.8 Å². The number of benzene rings is 1. The van der Waals surface area contributed by atoms with Crippen LogP contribution >= 0.6 is 0 Å². The van der Waals surface area contributed by atoms with Crippen molar-refractivity contribution in [2.45, 2.75) is 19.8 Å². The normalized spacial score (nSPS) is 17.5. The third-order valence-electron chi connectivity index (χ3n) is 3.06. The molecule has 1 heterocycles. The fourth-order valence-electron chi connectivity index (χ4n) is 1.89. The largest absolute Gasteiger partial charge is 0.493 e. The summed E-state index contributed by atoms with van der Waals surface area (Å²) in [6.45, 7) is 5.27. The second kappa shape index (κ2) is 5.52. The monoisotopic (exact) mass is 235 g/mol. The van der Waals surface area contributed by atoms with Gasteiger partial charge in [-0.05, 0) is 37.1 Å². The van der Waals surface area contributed by atoms with Crippen LogP contribution in [0.4, 0.5) is 0 Å². The minimum Gasteiger partial charge on any atom is -0.493 e. The lowest BCUT2D eigenvalue weighted by Crippen LogP contribution is -2.44. The van der Waals surface area contributed by atoms with Crippen molar-refractivity contribution in [3.05, 3.63) is 29.8 Å². The molecular weight excluding hydrogens is 214 g/mol. The van der Waals surface area contributed by atoms with E-state index in [0.29, 0.717) is 0 Å². The highest BCUT2D eigenvalue weighted by atomic mass is 16.5. The SMILES string of the molecule is CC1(COc2cccc(CCCN)c2)COC1. The van der Waals surface area contributed by atoms with Gasteiger partial charge in [0, 0.05) is 5.41 Å². The van der Waals surface area contributed by atoms with E-state index in [1.165, 1.54) is 5.56 Å². The molecule has 3 nitrogen and oxygen atoms in total. The van der Waals surface area contributed by atoms with Gasteiger partial charge < -0.3 is 15.2 Å². The van der Waals surface area contributed by atoms with E-state index in [2.05, 4.69) is 19.1 Å². The van der Waals surface area contributed by atoms with E-state index in [-0.39, 0.29) is 5.41 Å². The zero-order valence-electron chi connectivity index (χ0n) is 10.4. The standard InChI is InChI=1S/C14H21NO2/c1-14(9-16-10-14)11-17-13-6-2-4-12(8-13)5-3-7-15/h2,4,6,8H,3,5,7,9-11,15H2,1H3. The molecule has 1 saturated heterocycles. The molecule has 0 aromatic heterocycles. The van der Waals surface area contributed by atoms with Gasteiger partial charge in [-0.1, -0.05) is 19.1 Å². The van der Waals surface area contributed by atoms with Crippen molar-refractivity contribution in [2.75, 3.05) is 26.4 Å². The minimum absolute atomic E-state index is 0.202. The summed E-state index contributed by atoms with van der Waals surface area (Å²) < 4.78 is 11.0. The van der Waals surface area contributed by atoms with Crippen LogP contribution in [-0.2, 0) is 11.2 Å². The van der Waals surface area contributed by atoms with Crippen LogP contribution in [0.1, 0.15) is 18.9 Å². The van der Waals surface area contributed by atoms with E-state index in [0.717, 1.165) is 45.0 Å². The van der Waals surface area contributed by atoms with E-state index < -0.39 is 0 Å². The van der Waals surface area contributed by atoms with Gasteiger partial charge in [0.2, 0.25) is 0 Å². The highest BCUT2D eigenvalue weighted by Gasteiger charge is 2.34. The van der Waals surface area contributed by atoms with Gasteiger partial charge in [0.25, 0.3) is 0 Å². The second-order valence-corrected chi connectivity index (χ2v) is 5.13. The van der Waals surface area contributed by atoms with Crippen LogP contribution in [0.3, 0.4) is 0 Å². The van der Waals surface area contributed by atoms with Crippen molar-refractivity contribution < 1.29 is 9.47 Å². The maximum Gasteiger partial charge on any atom is 0.119 e. The Morgan fingerprint density at radius 1 is 1.41 bits per heavy atom. The Morgan fingerprint density at radius 3 is 2.88 bits per heavy atom. The Balaban J connectivity index is 1.87. The highest BCUT2D eigenvalue weighted by molar-refractivity contribution is 5.28. The van der Waals surface area contributed by atoms with Crippen molar-refractivity contribution in [1.82, 2.24) is 0 Å². The first-order chi connectivity index (χ1) is 8.22. The summed E-state index contributed by atoms with van der Waals surface area (Å²) in [6.07, 6.45) is 2.04. The second-order valence-electron chi connectivity index (χ2n) is 5.13. The van der Waals surface area contributed by atoms with Crippen molar-refractivity contribution in [3.8, 4) is 5.75 Å². The minimum atomic E-state index is 0.202. The summed E-state index contributed by atoms with van der Waals surface area (Å²) >= 11 is 0. The summed E-state index contributed by atoms with van der Waals surface area (Å²) in [5, 5.41) is 0. The number of hydrogen-bond acceptors (Lipinski definition) is 3. The lowest BCUT2D eigenvalue weighted by Gasteiger charge is -2.37. The fourth-order valence-corrected chi connectivity index (χ4v) is 1.89. The summed E-state index contributed by atoms with van der Waals surface area (Å²) in [5.41, 5.74) is 7.01. The van der Waals surface area contributed by atoms with Crippen LogP contribution in [0, 0.1) is 5.41 Å². The molecule has 0 spiro atoms. The first-order valence-corrected chi connectivity index (χ1v) is 6.21. The molecule has 0 unspecified atom stereocenters. The third-order valence-corrected chi connectivity index (χ3v) is 3.06. The lowest BCUT2D eigenvalue weighted by molar-refractivity contribution is -0.120. The molecule has 2 rings (SSSR count). The van der Waals surface area contributed by atoms with Gasteiger partial charge in [0.1, 0.15) is 5.75 Å². The molecule has 3 heteroatoms. The number of nitrogens with two attached hydrogens (primary N) is 1. The molecule has 2 N–H and O–H groups in total. The first kappa shape index (κ1) is 12.4. The van der Waals surface area contributed by atoms with Crippen LogP contribution in [0.25, 0.3) is 0 Å². The number of rotatable bonds is 6. The van der Waals surface area contributed by atoms with Crippen LogP contribution in [0.5, 0.6) is 5.75 Å². The third kappa shape index (κ3) is 3.45. The molecule has 0 aliphatic carbocycles. The van der Waals surface area contributed by atoms with E-state index in [1.807, 2.05) is 12.1 Å². The quantitative estimate of drug-likeness (QED) is 0.820. The van der Waals surface area contributed by atoms with E-state index >= 15 is 0 Å². The Kier molecular flexibility index (Phi) is 4.02. The summed E-state index contributed by atoms with van der Waals surface area (Å²) in [4.78, 5) is 0. The van der Waals surface area contributed by atoms with Crippen molar-refractivity contribution >= 4 is 0 Å². The van der Waals surface area contributed by atoms with Gasteiger partial charge in [0.15, 0.2) is 0 Å². The molecule has 0 saturated carbocycles. The van der Waals surface area contributed by atoms with Crippen LogP contribution < -0.4 is 10.5 Å². The Labute approximate surface area is 103 Å². The molecule has 17 heavy (non-hydrogen) atoms. The van der Waals surface area contributed by atoms with Gasteiger partial charge in [-0.3, -0.25) is 0 Å². The molecular formula is C14H21NO2. The smallest absolute Gasteiger partial charge is 0.119 e. The molecule has 1 aromatic rings. The van der Waals surface area contributed by atoms with E-state index in [4.69, 9.17) is 15.2 Å². The summed E-state index contributed by atoms with van der Waals surface area (Å²) in [5.74, 6) is 0.952. The Bertz CT molecular complexity index is 361. The molecule has 0 radical (unpaired) electrons. The number of ether oxygens (including phenoxy) is 2. The maximum atomic E-state index is 5.82. The Hall–Kier alpha value is -1.06. The molecule has 0 amide bonds. The van der Waals surface area contributed by atoms with Gasteiger partial charge in [-0.15, -0.1) is 0 Å². The Morgan fingerprint density at radius 2 is 2.24 bits per heavy atom. The van der Waals surface area contributed by atoms with Gasteiger partial charge >= 0.3 is 0 Å². The maximum absolute atomic E-state index is 5.82.